The number of hydrogen-bond donors (Lipinski definition) is 3. The van der Waals surface area contributed by atoms with Crippen molar-refractivity contribution in [3.63, 3.8) is 0 Å². The van der Waals surface area contributed by atoms with Gasteiger partial charge < -0.3 is 20.1 Å². The number of aromatic amines is 1. The number of rotatable bonds is 6. The maximum Gasteiger partial charge on any atom is 0.330 e. The van der Waals surface area contributed by atoms with Crippen LogP contribution < -0.4 is 10.8 Å². The van der Waals surface area contributed by atoms with Gasteiger partial charge in [-0.2, -0.15) is 0 Å². The average molecular weight is 440 g/mol. The molecule has 5 nitrogen and oxygen atoms in total. The lowest BCUT2D eigenvalue weighted by molar-refractivity contribution is -0.0893. The van der Waals surface area contributed by atoms with Crippen molar-refractivity contribution in [1.29, 1.82) is 0 Å². The number of hydrogen-bond acceptors (Lipinski definition) is 4. The number of H-pyrrole nitrogens is 1. The minimum absolute atomic E-state index is 0.338. The van der Waals surface area contributed by atoms with Crippen molar-refractivity contribution >= 4 is 34.8 Å². The Bertz CT molecular complexity index is 1300. The molecule has 1 aliphatic rings. The number of nitrogens with zero attached hydrogens (tertiary/aromatic N) is 1. The SMILES string of the molecule is CC(C)(O)C(C)(C)O[B]c1ccc2cc(-c3ccc4nc([C@@H]5CCCN5)[nH]c4c3)ccc2c1. The van der Waals surface area contributed by atoms with Gasteiger partial charge in [0.05, 0.1) is 28.3 Å². The van der Waals surface area contributed by atoms with Crippen molar-refractivity contribution in [3.8, 4) is 11.1 Å². The van der Waals surface area contributed by atoms with Crippen LogP contribution in [0.4, 0.5) is 0 Å². The van der Waals surface area contributed by atoms with Gasteiger partial charge in [0.15, 0.2) is 0 Å². The first-order valence-corrected chi connectivity index (χ1v) is 11.7. The van der Waals surface area contributed by atoms with Gasteiger partial charge in [0.1, 0.15) is 5.82 Å². The van der Waals surface area contributed by atoms with E-state index in [2.05, 4.69) is 58.8 Å². The summed E-state index contributed by atoms with van der Waals surface area (Å²) in [5, 5.41) is 16.1. The van der Waals surface area contributed by atoms with E-state index in [0.717, 1.165) is 40.7 Å². The predicted molar refractivity (Wildman–Crippen MR) is 136 cm³/mol. The Kier molecular flexibility index (Phi) is 5.56. The first kappa shape index (κ1) is 22.1. The van der Waals surface area contributed by atoms with Gasteiger partial charge in [-0.15, -0.1) is 0 Å². The van der Waals surface area contributed by atoms with E-state index in [1.807, 2.05) is 19.9 Å². The Hall–Kier alpha value is -2.67. The molecule has 0 aliphatic carbocycles. The third kappa shape index (κ3) is 4.43. The van der Waals surface area contributed by atoms with Gasteiger partial charge in [0, 0.05) is 0 Å². The second-order valence-electron chi connectivity index (χ2n) is 10.1. The minimum Gasteiger partial charge on any atom is -0.427 e. The van der Waals surface area contributed by atoms with Crippen LogP contribution in [0.15, 0.2) is 54.6 Å². The van der Waals surface area contributed by atoms with Crippen molar-refractivity contribution in [2.24, 2.45) is 0 Å². The summed E-state index contributed by atoms with van der Waals surface area (Å²) >= 11 is 0. The molecule has 1 saturated heterocycles. The van der Waals surface area contributed by atoms with E-state index in [0.29, 0.717) is 6.04 Å². The molecule has 5 rings (SSSR count). The molecule has 169 valence electrons. The van der Waals surface area contributed by atoms with E-state index in [1.165, 1.54) is 22.9 Å². The van der Waals surface area contributed by atoms with Gasteiger partial charge in [-0.05, 0) is 87.2 Å². The summed E-state index contributed by atoms with van der Waals surface area (Å²) in [6.07, 6.45) is 2.34. The summed E-state index contributed by atoms with van der Waals surface area (Å²) in [5.74, 6) is 1.04. The predicted octanol–water partition coefficient (Wildman–Crippen LogP) is 4.62. The van der Waals surface area contributed by atoms with Crippen LogP contribution in [0.25, 0.3) is 32.9 Å². The fourth-order valence-electron chi connectivity index (χ4n) is 4.17. The molecule has 1 atom stereocenters. The monoisotopic (exact) mass is 440 g/mol. The summed E-state index contributed by atoms with van der Waals surface area (Å²) in [6.45, 7) is 8.36. The van der Waals surface area contributed by atoms with Crippen LogP contribution in [0.1, 0.15) is 52.4 Å². The van der Waals surface area contributed by atoms with Crippen molar-refractivity contribution < 1.29 is 9.76 Å². The third-order valence-corrected chi connectivity index (χ3v) is 7.05. The van der Waals surface area contributed by atoms with Crippen LogP contribution in [-0.4, -0.2) is 40.3 Å². The van der Waals surface area contributed by atoms with Crippen molar-refractivity contribution in [3.05, 3.63) is 60.4 Å². The summed E-state index contributed by atoms with van der Waals surface area (Å²) in [5.41, 5.74) is 3.77. The molecule has 0 spiro atoms. The second kappa shape index (κ2) is 8.28. The van der Waals surface area contributed by atoms with E-state index in [4.69, 9.17) is 9.64 Å². The van der Waals surface area contributed by atoms with Gasteiger partial charge in [-0.25, -0.2) is 4.98 Å². The third-order valence-electron chi connectivity index (χ3n) is 7.05. The molecule has 3 aromatic carbocycles. The van der Waals surface area contributed by atoms with Crippen LogP contribution in [0.3, 0.4) is 0 Å². The van der Waals surface area contributed by atoms with Gasteiger partial charge in [-0.1, -0.05) is 41.9 Å². The van der Waals surface area contributed by atoms with Crippen molar-refractivity contribution in [2.75, 3.05) is 6.54 Å². The van der Waals surface area contributed by atoms with E-state index in [9.17, 15) is 5.11 Å². The molecule has 1 radical (unpaired) electrons. The quantitative estimate of drug-likeness (QED) is 0.383. The fourth-order valence-corrected chi connectivity index (χ4v) is 4.17. The van der Waals surface area contributed by atoms with Crippen LogP contribution in [0, 0.1) is 0 Å². The molecule has 33 heavy (non-hydrogen) atoms. The Labute approximate surface area is 195 Å². The van der Waals surface area contributed by atoms with Crippen LogP contribution in [0.2, 0.25) is 0 Å². The van der Waals surface area contributed by atoms with Crippen molar-refractivity contribution in [1.82, 2.24) is 15.3 Å². The summed E-state index contributed by atoms with van der Waals surface area (Å²) in [7, 11) is 1.73. The Balaban J connectivity index is 1.38. The Morgan fingerprint density at radius 3 is 2.45 bits per heavy atom. The molecule has 0 amide bonds. The molecular formula is C27H31BN3O2. The van der Waals surface area contributed by atoms with Gasteiger partial charge in [-0.3, -0.25) is 0 Å². The van der Waals surface area contributed by atoms with E-state index in [1.54, 1.807) is 21.3 Å². The number of fused-ring (bicyclic) bond motifs is 2. The number of aromatic nitrogens is 2. The number of aliphatic hydroxyl groups is 1. The largest absolute Gasteiger partial charge is 0.427 e. The summed E-state index contributed by atoms with van der Waals surface area (Å²) in [6, 6.07) is 19.6. The Morgan fingerprint density at radius 2 is 1.70 bits per heavy atom. The molecule has 1 fully saturated rings. The van der Waals surface area contributed by atoms with Crippen molar-refractivity contribution in [2.45, 2.75) is 57.8 Å². The molecule has 0 unspecified atom stereocenters. The molecule has 2 heterocycles. The van der Waals surface area contributed by atoms with Gasteiger partial charge in [0.2, 0.25) is 0 Å². The standard InChI is InChI=1S/C27H31BN3O2/c1-26(2,32)27(3,4)33-28-21-11-9-18-14-17(7-8-19(18)15-21)20-10-12-22-24(16-20)31-25(30-22)23-6-5-13-29-23/h7-12,14-16,23,29,32H,5-6,13H2,1-4H3,(H,30,31)/t23-/m0/s1. The summed E-state index contributed by atoms with van der Waals surface area (Å²) in [4.78, 5) is 8.31. The number of imidazole rings is 1. The maximum absolute atomic E-state index is 10.3. The maximum atomic E-state index is 10.3. The van der Waals surface area contributed by atoms with Crippen LogP contribution >= 0.6 is 0 Å². The van der Waals surface area contributed by atoms with Crippen LogP contribution in [0.5, 0.6) is 0 Å². The zero-order chi connectivity index (χ0) is 23.2. The van der Waals surface area contributed by atoms with E-state index >= 15 is 0 Å². The number of benzene rings is 3. The first-order chi connectivity index (χ1) is 15.7. The molecule has 4 aromatic rings. The molecule has 1 aliphatic heterocycles. The fraction of sp³-hybridized carbons (Fsp3) is 0.370. The van der Waals surface area contributed by atoms with E-state index in [-0.39, 0.29) is 0 Å². The highest BCUT2D eigenvalue weighted by molar-refractivity contribution is 6.47. The van der Waals surface area contributed by atoms with Gasteiger partial charge in [0.25, 0.3) is 0 Å². The van der Waals surface area contributed by atoms with E-state index < -0.39 is 11.2 Å². The normalized spacial score (nSPS) is 17.2. The lowest BCUT2D eigenvalue weighted by Crippen LogP contribution is -2.49. The lowest BCUT2D eigenvalue weighted by Gasteiger charge is -2.37. The van der Waals surface area contributed by atoms with Gasteiger partial charge >= 0.3 is 7.48 Å². The lowest BCUT2D eigenvalue weighted by atomic mass is 9.82. The second-order valence-corrected chi connectivity index (χ2v) is 10.1. The highest BCUT2D eigenvalue weighted by Gasteiger charge is 2.35. The molecular weight excluding hydrogens is 409 g/mol. The smallest absolute Gasteiger partial charge is 0.330 e. The molecule has 0 bridgehead atoms. The Morgan fingerprint density at radius 1 is 0.970 bits per heavy atom. The zero-order valence-corrected chi connectivity index (χ0v) is 19.8. The highest BCUT2D eigenvalue weighted by Crippen LogP contribution is 2.29. The average Bonchev–Trinajstić information content (AvgIpc) is 3.45. The summed E-state index contributed by atoms with van der Waals surface area (Å²) < 4.78 is 5.91. The highest BCUT2D eigenvalue weighted by atomic mass is 16.5. The molecule has 0 saturated carbocycles. The zero-order valence-electron chi connectivity index (χ0n) is 19.8. The topological polar surface area (TPSA) is 70.2 Å². The molecule has 3 N–H and O–H groups in total. The molecule has 6 heteroatoms. The number of nitrogens with one attached hydrogen (secondary N) is 2. The molecule has 1 aromatic heterocycles. The minimum atomic E-state index is -0.945. The first-order valence-electron chi connectivity index (χ1n) is 11.7. The van der Waals surface area contributed by atoms with Crippen LogP contribution in [-0.2, 0) is 4.65 Å².